The molecule has 1 N–H and O–H groups in total. The Morgan fingerprint density at radius 3 is 2.35 bits per heavy atom. The van der Waals surface area contributed by atoms with Crippen molar-refractivity contribution in [1.29, 1.82) is 0 Å². The van der Waals surface area contributed by atoms with Crippen LogP contribution in [-0.2, 0) is 11.3 Å². The number of hydrogen-bond acceptors (Lipinski definition) is 3. The highest BCUT2D eigenvalue weighted by Crippen LogP contribution is 2.35. The van der Waals surface area contributed by atoms with E-state index < -0.39 is 0 Å². The normalized spacial score (nSPS) is 12.5. The Labute approximate surface area is 118 Å². The van der Waals surface area contributed by atoms with Crippen molar-refractivity contribution in [3.63, 3.8) is 0 Å². The molecule has 0 aliphatic carbocycles. The minimum absolute atomic E-state index is 0.0106. The van der Waals surface area contributed by atoms with E-state index in [1.54, 1.807) is 7.11 Å². The molecule has 17 heavy (non-hydrogen) atoms. The first-order chi connectivity index (χ1) is 8.08. The second kappa shape index (κ2) is 7.36. The number of rotatable bonds is 6. The van der Waals surface area contributed by atoms with Gasteiger partial charge in [0.2, 0.25) is 0 Å². The summed E-state index contributed by atoms with van der Waals surface area (Å²) in [7, 11) is 1.68. The molecule has 0 saturated heterocycles. The Morgan fingerprint density at radius 2 is 1.88 bits per heavy atom. The molecule has 0 radical (unpaired) electrons. The van der Waals surface area contributed by atoms with Crippen molar-refractivity contribution in [2.24, 2.45) is 0 Å². The fraction of sp³-hybridized carbons (Fsp3) is 0.500. The summed E-state index contributed by atoms with van der Waals surface area (Å²) < 4.78 is 12.5. The lowest BCUT2D eigenvalue weighted by atomic mass is 10.2. The summed E-state index contributed by atoms with van der Waals surface area (Å²) in [4.78, 5) is 0. The van der Waals surface area contributed by atoms with Gasteiger partial charge >= 0.3 is 0 Å². The van der Waals surface area contributed by atoms with Crippen molar-refractivity contribution in [2.45, 2.75) is 26.1 Å². The van der Waals surface area contributed by atoms with Crippen molar-refractivity contribution < 1.29 is 14.6 Å². The van der Waals surface area contributed by atoms with E-state index in [4.69, 9.17) is 14.6 Å². The molecule has 0 saturated carbocycles. The summed E-state index contributed by atoms with van der Waals surface area (Å²) in [5, 5.41) is 9.08. The van der Waals surface area contributed by atoms with Crippen LogP contribution < -0.4 is 4.74 Å². The van der Waals surface area contributed by atoms with Crippen molar-refractivity contribution in [1.82, 2.24) is 0 Å². The Kier molecular flexibility index (Phi) is 6.48. The SMILES string of the molecule is COCCC(C)Oc1c(Br)cc(CO)cc1Br. The third-order valence-electron chi connectivity index (χ3n) is 2.29. The van der Waals surface area contributed by atoms with E-state index in [0.717, 1.165) is 26.7 Å². The average Bonchev–Trinajstić information content (AvgIpc) is 2.30. The first-order valence-corrected chi connectivity index (χ1v) is 6.91. The van der Waals surface area contributed by atoms with Crippen molar-refractivity contribution >= 4 is 31.9 Å². The van der Waals surface area contributed by atoms with Crippen molar-refractivity contribution in [2.75, 3.05) is 13.7 Å². The molecule has 5 heteroatoms. The predicted octanol–water partition coefficient (Wildman–Crippen LogP) is 3.51. The number of hydrogen-bond donors (Lipinski definition) is 1. The van der Waals surface area contributed by atoms with E-state index in [-0.39, 0.29) is 12.7 Å². The number of ether oxygens (including phenoxy) is 2. The molecule has 1 aromatic rings. The van der Waals surface area contributed by atoms with Gasteiger partial charge in [-0.05, 0) is 56.5 Å². The van der Waals surface area contributed by atoms with Gasteiger partial charge in [0.1, 0.15) is 5.75 Å². The van der Waals surface area contributed by atoms with Crippen LogP contribution in [0.5, 0.6) is 5.75 Å². The highest BCUT2D eigenvalue weighted by atomic mass is 79.9. The summed E-state index contributed by atoms with van der Waals surface area (Å²) in [6.07, 6.45) is 0.902. The van der Waals surface area contributed by atoms with Crippen LogP contribution in [0.2, 0.25) is 0 Å². The predicted molar refractivity (Wildman–Crippen MR) is 74.3 cm³/mol. The molecule has 3 nitrogen and oxygen atoms in total. The van der Waals surface area contributed by atoms with E-state index in [1.807, 2.05) is 19.1 Å². The zero-order valence-electron chi connectivity index (χ0n) is 9.87. The quantitative estimate of drug-likeness (QED) is 0.836. The van der Waals surface area contributed by atoms with E-state index >= 15 is 0 Å². The first-order valence-electron chi connectivity index (χ1n) is 5.32. The zero-order chi connectivity index (χ0) is 12.8. The summed E-state index contributed by atoms with van der Waals surface area (Å²) >= 11 is 6.88. The third-order valence-corrected chi connectivity index (χ3v) is 3.47. The van der Waals surface area contributed by atoms with E-state index in [2.05, 4.69) is 31.9 Å². The lowest BCUT2D eigenvalue weighted by Crippen LogP contribution is -2.14. The molecule has 96 valence electrons. The van der Waals surface area contributed by atoms with Crippen molar-refractivity contribution in [3.8, 4) is 5.75 Å². The topological polar surface area (TPSA) is 38.7 Å². The number of methoxy groups -OCH3 is 1. The fourth-order valence-corrected chi connectivity index (χ4v) is 2.83. The maximum Gasteiger partial charge on any atom is 0.148 e. The average molecular weight is 368 g/mol. The highest BCUT2D eigenvalue weighted by molar-refractivity contribution is 9.11. The molecule has 0 spiro atoms. The van der Waals surface area contributed by atoms with Crippen LogP contribution in [0.25, 0.3) is 0 Å². The van der Waals surface area contributed by atoms with Gasteiger partial charge in [-0.15, -0.1) is 0 Å². The van der Waals surface area contributed by atoms with Gasteiger partial charge in [-0.2, -0.15) is 0 Å². The Balaban J connectivity index is 2.77. The largest absolute Gasteiger partial charge is 0.488 e. The van der Waals surface area contributed by atoms with Crippen LogP contribution in [0.4, 0.5) is 0 Å². The van der Waals surface area contributed by atoms with Crippen LogP contribution in [0.1, 0.15) is 18.9 Å². The minimum atomic E-state index is 0.0106. The molecule has 1 aromatic carbocycles. The molecule has 1 unspecified atom stereocenters. The second-order valence-electron chi connectivity index (χ2n) is 3.76. The highest BCUT2D eigenvalue weighted by Gasteiger charge is 2.12. The molecule has 0 heterocycles. The molecule has 0 aliphatic heterocycles. The molecule has 0 fully saturated rings. The van der Waals surface area contributed by atoms with Gasteiger partial charge < -0.3 is 14.6 Å². The summed E-state index contributed by atoms with van der Waals surface area (Å²) in [6.45, 7) is 2.68. The van der Waals surface area contributed by atoms with Gasteiger partial charge in [0.05, 0.1) is 21.7 Å². The van der Waals surface area contributed by atoms with Crippen molar-refractivity contribution in [3.05, 3.63) is 26.6 Å². The van der Waals surface area contributed by atoms with Gasteiger partial charge in [-0.25, -0.2) is 0 Å². The molecule has 1 atom stereocenters. The van der Waals surface area contributed by atoms with E-state index in [0.29, 0.717) is 6.61 Å². The molecule has 0 aliphatic rings. The maximum absolute atomic E-state index is 9.08. The monoisotopic (exact) mass is 366 g/mol. The fourth-order valence-electron chi connectivity index (χ4n) is 1.36. The van der Waals surface area contributed by atoms with Crippen LogP contribution >= 0.6 is 31.9 Å². The molecule has 0 amide bonds. The van der Waals surface area contributed by atoms with Gasteiger partial charge in [-0.1, -0.05) is 0 Å². The lowest BCUT2D eigenvalue weighted by Gasteiger charge is -2.17. The molecular weight excluding hydrogens is 352 g/mol. The van der Waals surface area contributed by atoms with Gasteiger partial charge in [-0.3, -0.25) is 0 Å². The summed E-state index contributed by atoms with van der Waals surface area (Å²) in [6, 6.07) is 3.70. The smallest absolute Gasteiger partial charge is 0.148 e. The number of benzene rings is 1. The molecule has 1 rings (SSSR count). The van der Waals surface area contributed by atoms with E-state index in [1.165, 1.54) is 0 Å². The minimum Gasteiger partial charge on any atom is -0.488 e. The maximum atomic E-state index is 9.08. The number of aliphatic hydroxyl groups excluding tert-OH is 1. The zero-order valence-corrected chi connectivity index (χ0v) is 13.0. The van der Waals surface area contributed by atoms with Crippen LogP contribution in [0, 0.1) is 0 Å². The Morgan fingerprint density at radius 1 is 1.29 bits per heavy atom. The lowest BCUT2D eigenvalue weighted by molar-refractivity contribution is 0.134. The Hall–Kier alpha value is -0.100. The van der Waals surface area contributed by atoms with Crippen LogP contribution in [-0.4, -0.2) is 24.9 Å². The van der Waals surface area contributed by atoms with Gasteiger partial charge in [0, 0.05) is 20.1 Å². The molecule has 0 aromatic heterocycles. The third kappa shape index (κ3) is 4.58. The second-order valence-corrected chi connectivity index (χ2v) is 5.47. The van der Waals surface area contributed by atoms with Crippen LogP contribution in [0.15, 0.2) is 21.1 Å². The summed E-state index contributed by atoms with van der Waals surface area (Å²) in [5.41, 5.74) is 0.834. The molecular formula is C12H16Br2O3. The summed E-state index contributed by atoms with van der Waals surface area (Å²) in [5.74, 6) is 0.755. The number of halogens is 2. The Bertz CT molecular complexity index is 346. The first kappa shape index (κ1) is 15.0. The van der Waals surface area contributed by atoms with Gasteiger partial charge in [0.15, 0.2) is 0 Å². The number of aliphatic hydroxyl groups is 1. The standard InChI is InChI=1S/C12H16Br2O3/c1-8(3-4-16-2)17-12-10(13)5-9(7-15)6-11(12)14/h5-6,8,15H,3-4,7H2,1-2H3. The van der Waals surface area contributed by atoms with Crippen LogP contribution in [0.3, 0.4) is 0 Å². The molecule has 0 bridgehead atoms. The van der Waals surface area contributed by atoms with Gasteiger partial charge in [0.25, 0.3) is 0 Å². The van der Waals surface area contributed by atoms with E-state index in [9.17, 15) is 0 Å².